The summed E-state index contributed by atoms with van der Waals surface area (Å²) in [7, 11) is 7.38. The number of nitrogens with one attached hydrogen (secondary N) is 1. The molecular formula is C25H27NO9. The minimum Gasteiger partial charge on any atom is -0.496 e. The highest BCUT2D eigenvalue weighted by atomic mass is 16.5. The van der Waals surface area contributed by atoms with Gasteiger partial charge in [-0.3, -0.25) is 9.59 Å². The third-order valence-electron chi connectivity index (χ3n) is 5.56. The molecule has 0 saturated heterocycles. The number of carbonyl (C=O) groups excluding carboxylic acids is 1. The number of methoxy groups -OCH3 is 5. The van der Waals surface area contributed by atoms with Crippen molar-refractivity contribution in [1.82, 2.24) is 5.32 Å². The van der Waals surface area contributed by atoms with Crippen LogP contribution in [0.5, 0.6) is 34.5 Å². The summed E-state index contributed by atoms with van der Waals surface area (Å²) < 4.78 is 39.0. The summed E-state index contributed by atoms with van der Waals surface area (Å²) in [5.74, 6) is 1.36. The lowest BCUT2D eigenvalue weighted by molar-refractivity contribution is -0.123. The Kier molecular flexibility index (Phi) is 6.90. The van der Waals surface area contributed by atoms with Crippen molar-refractivity contribution in [3.05, 3.63) is 34.5 Å². The topological polar surface area (TPSA) is 115 Å². The quantitative estimate of drug-likeness (QED) is 0.462. The van der Waals surface area contributed by atoms with E-state index in [9.17, 15) is 9.59 Å². The van der Waals surface area contributed by atoms with Crippen molar-refractivity contribution in [2.24, 2.45) is 0 Å². The minimum atomic E-state index is -0.506. The fourth-order valence-corrected chi connectivity index (χ4v) is 3.69. The van der Waals surface area contributed by atoms with Gasteiger partial charge >= 0.3 is 0 Å². The van der Waals surface area contributed by atoms with Gasteiger partial charge in [0.05, 0.1) is 35.5 Å². The minimum absolute atomic E-state index is 0.0799. The Labute approximate surface area is 201 Å². The molecule has 35 heavy (non-hydrogen) atoms. The molecule has 1 heterocycles. The second kappa shape index (κ2) is 10.0. The smallest absolute Gasteiger partial charge is 0.258 e. The molecule has 1 aliphatic rings. The van der Waals surface area contributed by atoms with Crippen molar-refractivity contribution in [3.8, 4) is 45.8 Å². The Morgan fingerprint density at radius 2 is 1.54 bits per heavy atom. The molecule has 4 rings (SSSR count). The van der Waals surface area contributed by atoms with Crippen LogP contribution in [0.3, 0.4) is 0 Å². The highest BCUT2D eigenvalue weighted by Gasteiger charge is 2.26. The first-order valence-corrected chi connectivity index (χ1v) is 10.9. The Bertz CT molecular complexity index is 1290. The SMILES string of the molecule is COc1cc(OC)c2c(=O)c(OCC(=O)NC3CC3)c(-c3cc(OC)c(OC)c(OC)c3)oc2c1. The van der Waals surface area contributed by atoms with Crippen LogP contribution in [0.4, 0.5) is 0 Å². The predicted molar refractivity (Wildman–Crippen MR) is 127 cm³/mol. The molecule has 10 heteroatoms. The van der Waals surface area contributed by atoms with Crippen molar-refractivity contribution in [1.29, 1.82) is 0 Å². The molecule has 1 aromatic heterocycles. The van der Waals surface area contributed by atoms with E-state index in [4.69, 9.17) is 32.8 Å². The third kappa shape index (κ3) is 4.77. The van der Waals surface area contributed by atoms with Crippen molar-refractivity contribution < 1.29 is 37.6 Å². The van der Waals surface area contributed by atoms with E-state index >= 15 is 0 Å². The molecule has 0 bridgehead atoms. The number of rotatable bonds is 10. The summed E-state index contributed by atoms with van der Waals surface area (Å²) in [5, 5.41) is 2.99. The number of carbonyl (C=O) groups is 1. The molecule has 1 aliphatic carbocycles. The van der Waals surface area contributed by atoms with Gasteiger partial charge in [-0.25, -0.2) is 0 Å². The average molecular weight is 485 g/mol. The van der Waals surface area contributed by atoms with Crippen LogP contribution >= 0.6 is 0 Å². The van der Waals surface area contributed by atoms with Crippen molar-refractivity contribution in [2.75, 3.05) is 42.2 Å². The van der Waals surface area contributed by atoms with E-state index < -0.39 is 5.43 Å². The van der Waals surface area contributed by atoms with Gasteiger partial charge in [0.15, 0.2) is 23.9 Å². The van der Waals surface area contributed by atoms with Crippen LogP contribution in [0, 0.1) is 0 Å². The molecular weight excluding hydrogens is 458 g/mol. The van der Waals surface area contributed by atoms with Gasteiger partial charge < -0.3 is 38.2 Å². The molecule has 10 nitrogen and oxygen atoms in total. The second-order valence-corrected chi connectivity index (χ2v) is 7.84. The molecule has 0 spiro atoms. The Balaban J connectivity index is 1.93. The molecule has 2 aromatic carbocycles. The molecule has 1 saturated carbocycles. The van der Waals surface area contributed by atoms with Gasteiger partial charge in [0, 0.05) is 23.7 Å². The Morgan fingerprint density at radius 3 is 2.09 bits per heavy atom. The highest BCUT2D eigenvalue weighted by Crippen LogP contribution is 2.44. The Hall–Kier alpha value is -4.08. The summed E-state index contributed by atoms with van der Waals surface area (Å²) in [5.41, 5.74) is 0.122. The number of amides is 1. The monoisotopic (exact) mass is 485 g/mol. The van der Waals surface area contributed by atoms with Crippen LogP contribution in [-0.4, -0.2) is 54.1 Å². The molecule has 186 valence electrons. The normalized spacial score (nSPS) is 12.7. The van der Waals surface area contributed by atoms with Crippen molar-refractivity contribution >= 4 is 16.9 Å². The molecule has 0 radical (unpaired) electrons. The zero-order valence-electron chi connectivity index (χ0n) is 20.2. The first kappa shape index (κ1) is 24.1. The zero-order valence-corrected chi connectivity index (χ0v) is 20.2. The predicted octanol–water partition coefficient (Wildman–Crippen LogP) is 3.16. The van der Waals surface area contributed by atoms with Crippen LogP contribution in [0.15, 0.2) is 33.5 Å². The number of hydrogen-bond donors (Lipinski definition) is 1. The Morgan fingerprint density at radius 1 is 0.886 bits per heavy atom. The van der Waals surface area contributed by atoms with Gasteiger partial charge in [0.1, 0.15) is 22.5 Å². The van der Waals surface area contributed by atoms with Crippen molar-refractivity contribution in [2.45, 2.75) is 18.9 Å². The van der Waals surface area contributed by atoms with Crippen LogP contribution < -0.4 is 39.2 Å². The van der Waals surface area contributed by atoms with E-state index in [1.807, 2.05) is 0 Å². The first-order valence-electron chi connectivity index (χ1n) is 10.9. The fourth-order valence-electron chi connectivity index (χ4n) is 3.69. The number of benzene rings is 2. The van der Waals surface area contributed by atoms with Crippen LogP contribution in [0.1, 0.15) is 12.8 Å². The van der Waals surface area contributed by atoms with E-state index in [1.165, 1.54) is 35.5 Å². The van der Waals surface area contributed by atoms with E-state index in [0.29, 0.717) is 28.6 Å². The maximum Gasteiger partial charge on any atom is 0.258 e. The molecule has 0 aliphatic heterocycles. The fraction of sp³-hybridized carbons (Fsp3) is 0.360. The summed E-state index contributed by atoms with van der Waals surface area (Å²) in [6.07, 6.45) is 1.86. The van der Waals surface area contributed by atoms with E-state index in [-0.39, 0.29) is 46.8 Å². The molecule has 1 N–H and O–H groups in total. The van der Waals surface area contributed by atoms with Crippen LogP contribution in [0.25, 0.3) is 22.3 Å². The maximum atomic E-state index is 13.7. The largest absolute Gasteiger partial charge is 0.496 e. The van der Waals surface area contributed by atoms with E-state index in [0.717, 1.165) is 12.8 Å². The molecule has 1 amide bonds. The number of hydrogen-bond acceptors (Lipinski definition) is 9. The van der Waals surface area contributed by atoms with Gasteiger partial charge in [0.25, 0.3) is 5.91 Å². The summed E-state index contributed by atoms with van der Waals surface area (Å²) in [6.45, 7) is -0.358. The standard InChI is InChI=1S/C25H27NO9/c1-29-15-10-16(30-2)21-17(11-15)35-23(13-8-18(31-3)24(33-5)19(9-13)32-4)25(22(21)28)34-12-20(27)26-14-6-7-14/h8-11,14H,6-7,12H2,1-5H3,(H,26,27). The third-order valence-corrected chi connectivity index (χ3v) is 5.56. The maximum absolute atomic E-state index is 13.7. The second-order valence-electron chi connectivity index (χ2n) is 7.84. The van der Waals surface area contributed by atoms with Crippen LogP contribution in [-0.2, 0) is 4.79 Å². The highest BCUT2D eigenvalue weighted by molar-refractivity contribution is 5.89. The number of ether oxygens (including phenoxy) is 6. The lowest BCUT2D eigenvalue weighted by Gasteiger charge is -2.16. The van der Waals surface area contributed by atoms with E-state index in [2.05, 4.69) is 5.32 Å². The van der Waals surface area contributed by atoms with Gasteiger partial charge in [-0.2, -0.15) is 0 Å². The average Bonchev–Trinajstić information content (AvgIpc) is 3.69. The van der Waals surface area contributed by atoms with Gasteiger partial charge in [-0.1, -0.05) is 0 Å². The van der Waals surface area contributed by atoms with Gasteiger partial charge in [-0.15, -0.1) is 0 Å². The lowest BCUT2D eigenvalue weighted by Crippen LogP contribution is -2.31. The lowest BCUT2D eigenvalue weighted by atomic mass is 10.1. The summed E-state index contributed by atoms with van der Waals surface area (Å²) in [4.78, 5) is 26.0. The first-order chi connectivity index (χ1) is 16.9. The van der Waals surface area contributed by atoms with Crippen molar-refractivity contribution in [3.63, 3.8) is 0 Å². The molecule has 3 aromatic rings. The van der Waals surface area contributed by atoms with Crippen LogP contribution in [0.2, 0.25) is 0 Å². The molecule has 0 atom stereocenters. The van der Waals surface area contributed by atoms with E-state index in [1.54, 1.807) is 24.3 Å². The molecule has 1 fully saturated rings. The zero-order chi connectivity index (χ0) is 25.1. The molecule has 0 unspecified atom stereocenters. The summed E-state index contributed by atoms with van der Waals surface area (Å²) >= 11 is 0. The van der Waals surface area contributed by atoms with Gasteiger partial charge in [0.2, 0.25) is 16.9 Å². The number of fused-ring (bicyclic) bond motifs is 1. The summed E-state index contributed by atoms with van der Waals surface area (Å²) in [6, 6.07) is 6.55. The van der Waals surface area contributed by atoms with Gasteiger partial charge in [-0.05, 0) is 25.0 Å².